The third-order valence-corrected chi connectivity index (χ3v) is 2.92. The summed E-state index contributed by atoms with van der Waals surface area (Å²) in [5.74, 6) is -0.377. The zero-order valence-corrected chi connectivity index (χ0v) is 12.0. The molecule has 0 spiro atoms. The number of halogens is 1. The van der Waals surface area contributed by atoms with Gasteiger partial charge in [-0.05, 0) is 23.8 Å². The second-order valence-electron chi connectivity index (χ2n) is 4.32. The molecule has 0 aliphatic heterocycles. The zero-order valence-electron chi connectivity index (χ0n) is 11.2. The highest BCUT2D eigenvalue weighted by Crippen LogP contribution is 2.19. The molecule has 0 amide bonds. The van der Waals surface area contributed by atoms with Crippen LogP contribution in [0.5, 0.6) is 5.75 Å². The molecule has 0 aromatic heterocycles. The first kappa shape index (κ1) is 15.1. The van der Waals surface area contributed by atoms with E-state index in [1.54, 1.807) is 12.1 Å². The summed E-state index contributed by atoms with van der Waals surface area (Å²) in [6, 6.07) is 14.0. The predicted octanol–water partition coefficient (Wildman–Crippen LogP) is 3.21. The van der Waals surface area contributed by atoms with E-state index in [0.29, 0.717) is 10.6 Å². The molecule has 0 saturated heterocycles. The number of aromatic hydroxyl groups is 1. The SMILES string of the molecule is O=C(CN=Cc1cc(Cl)ccc1O)OCc1ccccc1. The molecule has 0 saturated carbocycles. The van der Waals surface area contributed by atoms with Gasteiger partial charge >= 0.3 is 5.97 Å². The molecular formula is C16H14ClNO3. The zero-order chi connectivity index (χ0) is 15.1. The van der Waals surface area contributed by atoms with Gasteiger partial charge in [0, 0.05) is 16.8 Å². The minimum atomic E-state index is -0.434. The van der Waals surface area contributed by atoms with Crippen molar-refractivity contribution in [3.05, 3.63) is 64.7 Å². The van der Waals surface area contributed by atoms with Gasteiger partial charge in [0.2, 0.25) is 0 Å². The lowest BCUT2D eigenvalue weighted by Crippen LogP contribution is -2.08. The van der Waals surface area contributed by atoms with Crippen LogP contribution in [0, 0.1) is 0 Å². The third-order valence-electron chi connectivity index (χ3n) is 2.68. The number of carbonyl (C=O) groups is 1. The van der Waals surface area contributed by atoms with Crippen LogP contribution in [0.1, 0.15) is 11.1 Å². The predicted molar refractivity (Wildman–Crippen MR) is 81.8 cm³/mol. The number of phenols is 1. The standard InChI is InChI=1S/C16H14ClNO3/c17-14-6-7-15(19)13(8-14)9-18-10-16(20)21-11-12-4-2-1-3-5-12/h1-9,19H,10-11H2. The quantitative estimate of drug-likeness (QED) is 0.681. The van der Waals surface area contributed by atoms with Crippen LogP contribution in [0.2, 0.25) is 5.02 Å². The third kappa shape index (κ3) is 4.93. The monoisotopic (exact) mass is 303 g/mol. The van der Waals surface area contributed by atoms with Crippen LogP contribution in [-0.4, -0.2) is 23.8 Å². The van der Waals surface area contributed by atoms with E-state index in [0.717, 1.165) is 5.56 Å². The van der Waals surface area contributed by atoms with Crippen molar-refractivity contribution in [2.24, 2.45) is 4.99 Å². The average Bonchev–Trinajstić information content (AvgIpc) is 2.50. The summed E-state index contributed by atoms with van der Waals surface area (Å²) in [5, 5.41) is 10.1. The first-order valence-corrected chi connectivity index (χ1v) is 6.71. The summed E-state index contributed by atoms with van der Waals surface area (Å²) in [4.78, 5) is 15.5. The number of esters is 1. The molecule has 0 unspecified atom stereocenters. The van der Waals surface area contributed by atoms with Gasteiger partial charge in [0.05, 0.1) is 0 Å². The Morgan fingerprint density at radius 1 is 1.24 bits per heavy atom. The average molecular weight is 304 g/mol. The van der Waals surface area contributed by atoms with Crippen molar-refractivity contribution in [2.75, 3.05) is 6.54 Å². The van der Waals surface area contributed by atoms with Gasteiger partial charge in [-0.3, -0.25) is 9.79 Å². The van der Waals surface area contributed by atoms with Gasteiger partial charge < -0.3 is 9.84 Å². The van der Waals surface area contributed by atoms with Gasteiger partial charge in [-0.15, -0.1) is 0 Å². The van der Waals surface area contributed by atoms with Gasteiger partial charge in [-0.1, -0.05) is 41.9 Å². The van der Waals surface area contributed by atoms with E-state index < -0.39 is 5.97 Å². The smallest absolute Gasteiger partial charge is 0.328 e. The molecule has 2 rings (SSSR count). The minimum Gasteiger partial charge on any atom is -0.507 e. The van der Waals surface area contributed by atoms with Gasteiger partial charge in [-0.2, -0.15) is 0 Å². The highest BCUT2D eigenvalue weighted by Gasteiger charge is 2.02. The lowest BCUT2D eigenvalue weighted by molar-refractivity contribution is -0.143. The Bertz CT molecular complexity index is 641. The van der Waals surface area contributed by atoms with Crippen LogP contribution in [0.3, 0.4) is 0 Å². The Balaban J connectivity index is 1.83. The second-order valence-corrected chi connectivity index (χ2v) is 4.76. The lowest BCUT2D eigenvalue weighted by Gasteiger charge is -2.03. The minimum absolute atomic E-state index is 0.0563. The van der Waals surface area contributed by atoms with Crippen LogP contribution in [0.25, 0.3) is 0 Å². The van der Waals surface area contributed by atoms with Crippen LogP contribution < -0.4 is 0 Å². The molecule has 0 heterocycles. The summed E-state index contributed by atoms with van der Waals surface area (Å²) in [6.07, 6.45) is 1.39. The number of hydrogen-bond donors (Lipinski definition) is 1. The summed E-state index contributed by atoms with van der Waals surface area (Å²) in [7, 11) is 0. The molecule has 0 fully saturated rings. The van der Waals surface area contributed by atoms with Gasteiger partial charge in [-0.25, -0.2) is 0 Å². The Hall–Kier alpha value is -2.33. The number of phenolic OH excluding ortho intramolecular Hbond substituents is 1. The highest BCUT2D eigenvalue weighted by atomic mass is 35.5. The van der Waals surface area contributed by atoms with Gasteiger partial charge in [0.1, 0.15) is 18.9 Å². The van der Waals surface area contributed by atoms with E-state index in [1.807, 2.05) is 30.3 Å². The molecule has 4 nitrogen and oxygen atoms in total. The molecule has 21 heavy (non-hydrogen) atoms. The topological polar surface area (TPSA) is 58.9 Å². The normalized spacial score (nSPS) is 10.7. The Morgan fingerprint density at radius 3 is 2.76 bits per heavy atom. The van der Waals surface area contributed by atoms with E-state index in [2.05, 4.69) is 4.99 Å². The largest absolute Gasteiger partial charge is 0.507 e. The number of aliphatic imine (C=N–C) groups is 1. The molecule has 108 valence electrons. The maximum Gasteiger partial charge on any atom is 0.328 e. The molecule has 2 aromatic carbocycles. The molecule has 1 N–H and O–H groups in total. The van der Waals surface area contributed by atoms with Crippen LogP contribution in [0.15, 0.2) is 53.5 Å². The second kappa shape index (κ2) is 7.45. The van der Waals surface area contributed by atoms with E-state index in [-0.39, 0.29) is 18.9 Å². The number of hydrogen-bond acceptors (Lipinski definition) is 4. The maximum atomic E-state index is 11.5. The molecule has 0 aliphatic carbocycles. The van der Waals surface area contributed by atoms with Gasteiger partial charge in [0.25, 0.3) is 0 Å². The fourth-order valence-electron chi connectivity index (χ4n) is 1.63. The van der Waals surface area contributed by atoms with Crippen molar-refractivity contribution < 1.29 is 14.6 Å². The highest BCUT2D eigenvalue weighted by molar-refractivity contribution is 6.30. The first-order chi connectivity index (χ1) is 10.1. The van der Waals surface area contributed by atoms with Gasteiger partial charge in [0.15, 0.2) is 0 Å². The summed E-state index contributed by atoms with van der Waals surface area (Å²) < 4.78 is 5.08. The molecule has 0 radical (unpaired) electrons. The fourth-order valence-corrected chi connectivity index (χ4v) is 1.81. The molecular weight excluding hydrogens is 290 g/mol. The molecule has 0 atom stereocenters. The van der Waals surface area contributed by atoms with Crippen molar-refractivity contribution in [2.45, 2.75) is 6.61 Å². The Kier molecular flexibility index (Phi) is 5.35. The van der Waals surface area contributed by atoms with Crippen molar-refractivity contribution in [3.8, 4) is 5.75 Å². The Labute approximate surface area is 127 Å². The Morgan fingerprint density at radius 2 is 2.00 bits per heavy atom. The van der Waals surface area contributed by atoms with Crippen molar-refractivity contribution in [1.29, 1.82) is 0 Å². The van der Waals surface area contributed by atoms with E-state index in [1.165, 1.54) is 12.3 Å². The number of ether oxygens (including phenoxy) is 1. The molecule has 5 heteroatoms. The summed E-state index contributed by atoms with van der Waals surface area (Å²) >= 11 is 5.81. The first-order valence-electron chi connectivity index (χ1n) is 6.33. The number of nitrogens with zero attached hydrogens (tertiary/aromatic N) is 1. The summed E-state index contributed by atoms with van der Waals surface area (Å²) in [6.45, 7) is 0.108. The molecule has 0 aliphatic rings. The fraction of sp³-hybridized carbons (Fsp3) is 0.125. The van der Waals surface area contributed by atoms with Crippen LogP contribution >= 0.6 is 11.6 Å². The number of benzene rings is 2. The molecule has 2 aromatic rings. The maximum absolute atomic E-state index is 11.5. The van der Waals surface area contributed by atoms with Crippen LogP contribution in [-0.2, 0) is 16.1 Å². The molecule has 0 bridgehead atoms. The summed E-state index contributed by atoms with van der Waals surface area (Å²) in [5.41, 5.74) is 1.38. The number of rotatable bonds is 5. The van der Waals surface area contributed by atoms with Crippen LogP contribution in [0.4, 0.5) is 0 Å². The number of carbonyl (C=O) groups excluding carboxylic acids is 1. The lowest BCUT2D eigenvalue weighted by atomic mass is 10.2. The van der Waals surface area contributed by atoms with E-state index >= 15 is 0 Å². The van der Waals surface area contributed by atoms with E-state index in [9.17, 15) is 9.90 Å². The van der Waals surface area contributed by atoms with Crippen molar-refractivity contribution in [3.63, 3.8) is 0 Å². The van der Waals surface area contributed by atoms with E-state index in [4.69, 9.17) is 16.3 Å². The van der Waals surface area contributed by atoms with Crippen molar-refractivity contribution >= 4 is 23.8 Å². The van der Waals surface area contributed by atoms with Crippen molar-refractivity contribution in [1.82, 2.24) is 0 Å².